The van der Waals surface area contributed by atoms with Crippen LogP contribution < -0.4 is 0 Å². The Morgan fingerprint density at radius 3 is 2.17 bits per heavy atom. The maximum atomic E-state index is 10.4. The second kappa shape index (κ2) is 6.27. The summed E-state index contributed by atoms with van der Waals surface area (Å²) in [6.07, 6.45) is 5.48. The summed E-state index contributed by atoms with van der Waals surface area (Å²) in [6, 6.07) is 5.35. The zero-order valence-corrected chi connectivity index (χ0v) is 12.2. The summed E-state index contributed by atoms with van der Waals surface area (Å²) in [4.78, 5) is 0. The van der Waals surface area contributed by atoms with E-state index < -0.39 is 6.10 Å². The van der Waals surface area contributed by atoms with Crippen molar-refractivity contribution in [2.24, 2.45) is 11.8 Å². The maximum Gasteiger partial charge on any atom is 0.0819 e. The third-order valence-corrected chi connectivity index (χ3v) is 4.58. The fourth-order valence-corrected chi connectivity index (χ4v) is 3.47. The van der Waals surface area contributed by atoms with Crippen molar-refractivity contribution in [3.63, 3.8) is 0 Å². The van der Waals surface area contributed by atoms with Crippen molar-refractivity contribution < 1.29 is 5.11 Å². The molecule has 1 aliphatic carbocycles. The van der Waals surface area contributed by atoms with Crippen LogP contribution in [0.2, 0.25) is 10.0 Å². The molecule has 1 saturated carbocycles. The van der Waals surface area contributed by atoms with E-state index in [0.29, 0.717) is 16.0 Å². The molecule has 0 aliphatic heterocycles. The zero-order valence-electron chi connectivity index (χ0n) is 10.7. The smallest absolute Gasteiger partial charge is 0.0819 e. The Hall–Kier alpha value is -0.240. The SMILES string of the molecule is CCC1CCC(C(O)c2cc(Cl)cc(Cl)c2)CC1. The molecule has 1 atom stereocenters. The highest BCUT2D eigenvalue weighted by molar-refractivity contribution is 6.34. The van der Waals surface area contributed by atoms with Crippen LogP contribution >= 0.6 is 23.2 Å². The van der Waals surface area contributed by atoms with E-state index in [1.807, 2.05) is 12.1 Å². The molecule has 18 heavy (non-hydrogen) atoms. The second-order valence-corrected chi connectivity index (χ2v) is 6.21. The van der Waals surface area contributed by atoms with E-state index in [0.717, 1.165) is 24.3 Å². The maximum absolute atomic E-state index is 10.4. The molecule has 0 heterocycles. The molecule has 1 fully saturated rings. The molecule has 0 saturated heterocycles. The summed E-state index contributed by atoms with van der Waals surface area (Å²) in [5.41, 5.74) is 0.854. The van der Waals surface area contributed by atoms with E-state index in [1.54, 1.807) is 6.07 Å². The van der Waals surface area contributed by atoms with Gasteiger partial charge in [0.1, 0.15) is 0 Å². The molecule has 1 N–H and O–H groups in total. The topological polar surface area (TPSA) is 20.2 Å². The Morgan fingerprint density at radius 1 is 1.11 bits per heavy atom. The minimum absolute atomic E-state index is 0.349. The molecule has 1 nitrogen and oxygen atoms in total. The Labute approximate surface area is 119 Å². The molecule has 0 bridgehead atoms. The number of halogens is 2. The first-order chi connectivity index (χ1) is 8.60. The molecule has 3 heteroatoms. The number of hydrogen-bond donors (Lipinski definition) is 1. The highest BCUT2D eigenvalue weighted by atomic mass is 35.5. The van der Waals surface area contributed by atoms with Crippen molar-refractivity contribution in [1.82, 2.24) is 0 Å². The van der Waals surface area contributed by atoms with Gasteiger partial charge in [-0.15, -0.1) is 0 Å². The van der Waals surface area contributed by atoms with Crippen LogP contribution in [0.15, 0.2) is 18.2 Å². The minimum atomic E-state index is -0.431. The van der Waals surface area contributed by atoms with Crippen molar-refractivity contribution in [2.75, 3.05) is 0 Å². The van der Waals surface area contributed by atoms with Gasteiger partial charge < -0.3 is 5.11 Å². The highest BCUT2D eigenvalue weighted by Crippen LogP contribution is 2.38. The summed E-state index contributed by atoms with van der Waals surface area (Å²) in [5.74, 6) is 1.19. The molecule has 0 amide bonds. The van der Waals surface area contributed by atoms with Crippen molar-refractivity contribution in [3.8, 4) is 0 Å². The van der Waals surface area contributed by atoms with Gasteiger partial charge in [0.2, 0.25) is 0 Å². The van der Waals surface area contributed by atoms with E-state index in [-0.39, 0.29) is 0 Å². The van der Waals surface area contributed by atoms with Gasteiger partial charge in [-0.3, -0.25) is 0 Å². The molecular weight excluding hydrogens is 267 g/mol. The number of rotatable bonds is 3. The lowest BCUT2D eigenvalue weighted by molar-refractivity contribution is 0.0729. The van der Waals surface area contributed by atoms with Gasteiger partial charge in [0.25, 0.3) is 0 Å². The minimum Gasteiger partial charge on any atom is -0.388 e. The first kappa shape index (κ1) is 14.2. The summed E-state index contributed by atoms with van der Waals surface area (Å²) in [7, 11) is 0. The predicted molar refractivity (Wildman–Crippen MR) is 77.2 cm³/mol. The Morgan fingerprint density at radius 2 is 1.67 bits per heavy atom. The fraction of sp³-hybridized carbons (Fsp3) is 0.600. The van der Waals surface area contributed by atoms with Crippen molar-refractivity contribution in [2.45, 2.75) is 45.1 Å². The second-order valence-electron chi connectivity index (χ2n) is 5.34. The normalized spacial score (nSPS) is 26.0. The number of benzene rings is 1. The lowest BCUT2D eigenvalue weighted by atomic mass is 9.77. The number of hydrogen-bond acceptors (Lipinski definition) is 1. The first-order valence-electron chi connectivity index (χ1n) is 6.74. The van der Waals surface area contributed by atoms with E-state index in [4.69, 9.17) is 23.2 Å². The van der Waals surface area contributed by atoms with Crippen LogP contribution in [-0.4, -0.2) is 5.11 Å². The lowest BCUT2D eigenvalue weighted by Crippen LogP contribution is -2.20. The number of aliphatic hydroxyl groups excluding tert-OH is 1. The van der Waals surface area contributed by atoms with E-state index in [2.05, 4.69) is 6.92 Å². The largest absolute Gasteiger partial charge is 0.388 e. The average Bonchev–Trinajstić information content (AvgIpc) is 2.37. The molecule has 1 aromatic rings. The lowest BCUT2D eigenvalue weighted by Gasteiger charge is -2.31. The summed E-state index contributed by atoms with van der Waals surface area (Å²) < 4.78 is 0. The van der Waals surface area contributed by atoms with Gasteiger partial charge in [0, 0.05) is 10.0 Å². The molecule has 100 valence electrons. The predicted octanol–water partition coefficient (Wildman–Crippen LogP) is 5.24. The molecule has 2 rings (SSSR count). The van der Waals surface area contributed by atoms with E-state index in [1.165, 1.54) is 19.3 Å². The monoisotopic (exact) mass is 286 g/mol. The van der Waals surface area contributed by atoms with Crippen molar-refractivity contribution in [1.29, 1.82) is 0 Å². The van der Waals surface area contributed by atoms with E-state index in [9.17, 15) is 5.11 Å². The molecule has 1 aromatic carbocycles. The van der Waals surface area contributed by atoms with Gasteiger partial charge in [-0.2, -0.15) is 0 Å². The fourth-order valence-electron chi connectivity index (χ4n) is 2.93. The van der Waals surface area contributed by atoms with Gasteiger partial charge in [0.15, 0.2) is 0 Å². The molecule has 0 spiro atoms. The van der Waals surface area contributed by atoms with Gasteiger partial charge >= 0.3 is 0 Å². The third kappa shape index (κ3) is 3.40. The summed E-state index contributed by atoms with van der Waals surface area (Å²) in [5, 5.41) is 11.6. The molecule has 1 unspecified atom stereocenters. The highest BCUT2D eigenvalue weighted by Gasteiger charge is 2.26. The van der Waals surface area contributed by atoms with Crippen LogP contribution in [0.3, 0.4) is 0 Å². The molecule has 1 aliphatic rings. The van der Waals surface area contributed by atoms with Gasteiger partial charge in [-0.25, -0.2) is 0 Å². The zero-order chi connectivity index (χ0) is 13.1. The Kier molecular flexibility index (Phi) is 4.94. The quantitative estimate of drug-likeness (QED) is 0.805. The first-order valence-corrected chi connectivity index (χ1v) is 7.49. The average molecular weight is 287 g/mol. The molecule has 0 radical (unpaired) electrons. The van der Waals surface area contributed by atoms with Crippen molar-refractivity contribution in [3.05, 3.63) is 33.8 Å². The Balaban J connectivity index is 2.05. The Bertz CT molecular complexity index is 377. The summed E-state index contributed by atoms with van der Waals surface area (Å²) >= 11 is 12.0. The van der Waals surface area contributed by atoms with Crippen LogP contribution in [0.25, 0.3) is 0 Å². The van der Waals surface area contributed by atoms with Crippen LogP contribution in [-0.2, 0) is 0 Å². The standard InChI is InChI=1S/C15H20Cl2O/c1-2-10-3-5-11(6-4-10)15(18)12-7-13(16)9-14(17)8-12/h7-11,15,18H,2-6H2,1H3. The van der Waals surface area contributed by atoms with Crippen LogP contribution in [0.1, 0.15) is 50.7 Å². The van der Waals surface area contributed by atoms with Gasteiger partial charge in [0.05, 0.1) is 6.10 Å². The van der Waals surface area contributed by atoms with E-state index >= 15 is 0 Å². The van der Waals surface area contributed by atoms with Crippen LogP contribution in [0, 0.1) is 11.8 Å². The van der Waals surface area contributed by atoms with Crippen LogP contribution in [0.4, 0.5) is 0 Å². The third-order valence-electron chi connectivity index (χ3n) is 4.14. The molecule has 0 aromatic heterocycles. The molecular formula is C15H20Cl2O. The van der Waals surface area contributed by atoms with Gasteiger partial charge in [-0.05, 0) is 48.4 Å². The van der Waals surface area contributed by atoms with Crippen molar-refractivity contribution >= 4 is 23.2 Å². The number of aliphatic hydroxyl groups is 1. The van der Waals surface area contributed by atoms with Crippen LogP contribution in [0.5, 0.6) is 0 Å². The summed E-state index contributed by atoms with van der Waals surface area (Å²) in [6.45, 7) is 2.25. The van der Waals surface area contributed by atoms with Gasteiger partial charge in [-0.1, -0.05) is 49.4 Å².